The third kappa shape index (κ3) is 8.68. The Bertz CT molecular complexity index is 184. The van der Waals surface area contributed by atoms with Crippen LogP contribution in [0.3, 0.4) is 0 Å². The molecule has 0 aliphatic carbocycles. The maximum absolute atomic E-state index is 11.6. The Balaban J connectivity index is 3.47. The Morgan fingerprint density at radius 2 is 1.94 bits per heavy atom. The summed E-state index contributed by atoms with van der Waals surface area (Å²) in [6.45, 7) is 3.12. The Morgan fingerprint density at radius 1 is 1.31 bits per heavy atom. The minimum atomic E-state index is -0.334. The molecule has 0 radical (unpaired) electrons. The fourth-order valence-corrected chi connectivity index (χ4v) is 1.47. The van der Waals surface area contributed by atoms with Crippen LogP contribution in [0, 0.1) is 0 Å². The van der Waals surface area contributed by atoms with E-state index in [0.29, 0.717) is 19.4 Å². The van der Waals surface area contributed by atoms with Crippen molar-refractivity contribution in [2.75, 3.05) is 20.1 Å². The van der Waals surface area contributed by atoms with Gasteiger partial charge in [0.15, 0.2) is 0 Å². The molecule has 4 nitrogen and oxygen atoms in total. The van der Waals surface area contributed by atoms with Crippen LogP contribution in [0.2, 0.25) is 0 Å². The van der Waals surface area contributed by atoms with Crippen LogP contribution in [-0.2, 0) is 4.79 Å². The lowest BCUT2D eigenvalue weighted by Gasteiger charge is -2.17. The number of unbranched alkanes of at least 4 members (excludes halogenated alkanes) is 3. The Kier molecular flexibility index (Phi) is 9.24. The molecule has 1 amide bonds. The summed E-state index contributed by atoms with van der Waals surface area (Å²) in [4.78, 5) is 13.3. The van der Waals surface area contributed by atoms with Crippen molar-refractivity contribution >= 4 is 5.91 Å². The smallest absolute Gasteiger partial charge is 0.222 e. The SMILES string of the molecule is CC(O)CCN(C)C(=O)CCCCCCN. The molecule has 3 N–H and O–H groups in total. The number of nitrogens with two attached hydrogens (primary N) is 1. The average molecular weight is 230 g/mol. The third-order valence-electron chi connectivity index (χ3n) is 2.65. The summed E-state index contributed by atoms with van der Waals surface area (Å²) in [5.41, 5.74) is 5.39. The molecule has 4 heteroatoms. The van der Waals surface area contributed by atoms with Crippen LogP contribution in [0.5, 0.6) is 0 Å². The number of hydrogen-bond donors (Lipinski definition) is 2. The van der Waals surface area contributed by atoms with Crippen molar-refractivity contribution in [2.24, 2.45) is 5.73 Å². The van der Waals surface area contributed by atoms with Crippen LogP contribution in [0.15, 0.2) is 0 Å². The summed E-state index contributed by atoms with van der Waals surface area (Å²) in [7, 11) is 1.80. The predicted octanol–water partition coefficient (Wildman–Crippen LogP) is 1.12. The van der Waals surface area contributed by atoms with Gasteiger partial charge in [-0.05, 0) is 32.7 Å². The molecular weight excluding hydrogens is 204 g/mol. The van der Waals surface area contributed by atoms with Gasteiger partial charge in [-0.2, -0.15) is 0 Å². The van der Waals surface area contributed by atoms with Crippen molar-refractivity contribution in [3.8, 4) is 0 Å². The first kappa shape index (κ1) is 15.4. The number of rotatable bonds is 9. The van der Waals surface area contributed by atoms with Crippen molar-refractivity contribution in [1.29, 1.82) is 0 Å². The Morgan fingerprint density at radius 3 is 2.50 bits per heavy atom. The molecule has 0 aromatic rings. The summed E-state index contributed by atoms with van der Waals surface area (Å²) >= 11 is 0. The minimum Gasteiger partial charge on any atom is -0.393 e. The van der Waals surface area contributed by atoms with Crippen molar-refractivity contribution in [3.05, 3.63) is 0 Å². The summed E-state index contributed by atoms with van der Waals surface area (Å²) in [6.07, 6.45) is 5.11. The number of hydrogen-bond acceptors (Lipinski definition) is 3. The average Bonchev–Trinajstić information content (AvgIpc) is 2.25. The first-order valence-corrected chi connectivity index (χ1v) is 6.20. The quantitative estimate of drug-likeness (QED) is 0.583. The van der Waals surface area contributed by atoms with Gasteiger partial charge in [0.05, 0.1) is 6.10 Å². The maximum atomic E-state index is 11.6. The zero-order valence-corrected chi connectivity index (χ0v) is 10.6. The zero-order valence-electron chi connectivity index (χ0n) is 10.6. The molecule has 0 fully saturated rings. The van der Waals surface area contributed by atoms with E-state index in [1.54, 1.807) is 18.9 Å². The van der Waals surface area contributed by atoms with Crippen LogP contribution in [0.25, 0.3) is 0 Å². The highest BCUT2D eigenvalue weighted by Crippen LogP contribution is 2.05. The van der Waals surface area contributed by atoms with E-state index in [-0.39, 0.29) is 12.0 Å². The normalized spacial score (nSPS) is 12.5. The molecule has 0 saturated carbocycles. The highest BCUT2D eigenvalue weighted by molar-refractivity contribution is 5.75. The molecule has 0 aliphatic rings. The monoisotopic (exact) mass is 230 g/mol. The highest BCUT2D eigenvalue weighted by atomic mass is 16.3. The Labute approximate surface area is 98.8 Å². The van der Waals surface area contributed by atoms with E-state index in [4.69, 9.17) is 10.8 Å². The van der Waals surface area contributed by atoms with Gasteiger partial charge in [-0.15, -0.1) is 0 Å². The maximum Gasteiger partial charge on any atom is 0.222 e. The first-order chi connectivity index (χ1) is 7.57. The van der Waals surface area contributed by atoms with Crippen molar-refractivity contribution in [3.63, 3.8) is 0 Å². The lowest BCUT2D eigenvalue weighted by Crippen LogP contribution is -2.29. The van der Waals surface area contributed by atoms with E-state index >= 15 is 0 Å². The lowest BCUT2D eigenvalue weighted by atomic mass is 10.1. The van der Waals surface area contributed by atoms with E-state index in [1.807, 2.05) is 0 Å². The van der Waals surface area contributed by atoms with Gasteiger partial charge < -0.3 is 15.7 Å². The molecule has 0 bridgehead atoms. The molecule has 16 heavy (non-hydrogen) atoms. The van der Waals surface area contributed by atoms with Gasteiger partial charge in [0.25, 0.3) is 0 Å². The van der Waals surface area contributed by atoms with Gasteiger partial charge in [0, 0.05) is 20.0 Å². The second-order valence-electron chi connectivity index (χ2n) is 4.41. The number of aliphatic hydroxyl groups is 1. The highest BCUT2D eigenvalue weighted by Gasteiger charge is 2.08. The van der Waals surface area contributed by atoms with Gasteiger partial charge >= 0.3 is 0 Å². The van der Waals surface area contributed by atoms with Crippen LogP contribution in [0.4, 0.5) is 0 Å². The molecule has 0 aromatic carbocycles. The van der Waals surface area contributed by atoms with E-state index in [1.165, 1.54) is 0 Å². The topological polar surface area (TPSA) is 66.6 Å². The first-order valence-electron chi connectivity index (χ1n) is 6.20. The largest absolute Gasteiger partial charge is 0.393 e. The van der Waals surface area contributed by atoms with Crippen LogP contribution in [0.1, 0.15) is 45.4 Å². The van der Waals surface area contributed by atoms with E-state index in [0.717, 1.165) is 32.2 Å². The molecule has 1 atom stereocenters. The van der Waals surface area contributed by atoms with E-state index in [9.17, 15) is 4.79 Å². The fourth-order valence-electron chi connectivity index (χ4n) is 1.47. The summed E-state index contributed by atoms with van der Waals surface area (Å²) in [6, 6.07) is 0. The molecule has 96 valence electrons. The van der Waals surface area contributed by atoms with Gasteiger partial charge in [0.2, 0.25) is 5.91 Å². The zero-order chi connectivity index (χ0) is 12.4. The standard InChI is InChI=1S/C12H26N2O2/c1-11(15)8-10-14(2)12(16)7-5-3-4-6-9-13/h11,15H,3-10,13H2,1-2H3. The number of aliphatic hydroxyl groups excluding tert-OH is 1. The number of amides is 1. The van der Waals surface area contributed by atoms with Crippen LogP contribution >= 0.6 is 0 Å². The molecule has 0 heterocycles. The van der Waals surface area contributed by atoms with Crippen molar-refractivity contribution in [2.45, 2.75) is 51.6 Å². The minimum absolute atomic E-state index is 0.174. The van der Waals surface area contributed by atoms with E-state index < -0.39 is 0 Å². The van der Waals surface area contributed by atoms with Crippen molar-refractivity contribution in [1.82, 2.24) is 4.90 Å². The predicted molar refractivity (Wildman–Crippen MR) is 66.1 cm³/mol. The van der Waals surface area contributed by atoms with Crippen LogP contribution in [-0.4, -0.2) is 42.2 Å². The van der Waals surface area contributed by atoms with Gasteiger partial charge in [-0.3, -0.25) is 4.79 Å². The molecule has 0 aromatic heterocycles. The van der Waals surface area contributed by atoms with Gasteiger partial charge in [-0.1, -0.05) is 12.8 Å². The summed E-state index contributed by atoms with van der Waals surface area (Å²) < 4.78 is 0. The third-order valence-corrected chi connectivity index (χ3v) is 2.65. The van der Waals surface area contributed by atoms with Gasteiger partial charge in [-0.25, -0.2) is 0 Å². The molecule has 0 spiro atoms. The molecule has 0 rings (SSSR count). The van der Waals surface area contributed by atoms with E-state index in [2.05, 4.69) is 0 Å². The summed E-state index contributed by atoms with van der Waals surface area (Å²) in [5.74, 6) is 0.174. The molecule has 0 saturated heterocycles. The molecule has 1 unspecified atom stereocenters. The number of carbonyl (C=O) groups is 1. The summed E-state index contributed by atoms with van der Waals surface area (Å²) in [5, 5.41) is 9.11. The molecule has 0 aliphatic heterocycles. The number of nitrogens with zero attached hydrogens (tertiary/aromatic N) is 1. The second-order valence-corrected chi connectivity index (χ2v) is 4.41. The number of carbonyl (C=O) groups excluding carboxylic acids is 1. The van der Waals surface area contributed by atoms with Gasteiger partial charge in [0.1, 0.15) is 0 Å². The lowest BCUT2D eigenvalue weighted by molar-refractivity contribution is -0.130. The second kappa shape index (κ2) is 9.60. The fraction of sp³-hybridized carbons (Fsp3) is 0.917. The molecular formula is C12H26N2O2. The van der Waals surface area contributed by atoms with Crippen LogP contribution < -0.4 is 5.73 Å². The Hall–Kier alpha value is -0.610. The van der Waals surface area contributed by atoms with Crippen molar-refractivity contribution < 1.29 is 9.90 Å².